The van der Waals surface area contributed by atoms with Gasteiger partial charge in [0.05, 0.1) is 6.04 Å². The van der Waals surface area contributed by atoms with E-state index in [9.17, 15) is 0 Å². The fourth-order valence-electron chi connectivity index (χ4n) is 3.65. The zero-order valence-electron chi connectivity index (χ0n) is 13.2. The molecule has 0 spiro atoms. The number of hydrogen-bond acceptors (Lipinski definition) is 2. The van der Waals surface area contributed by atoms with E-state index in [0.717, 1.165) is 12.2 Å². The zero-order chi connectivity index (χ0) is 15.8. The molecule has 0 radical (unpaired) electrons. The highest BCUT2D eigenvalue weighted by atomic mass is 15.2. The maximum atomic E-state index is 6.08. The van der Waals surface area contributed by atoms with Crippen LogP contribution in [0.5, 0.6) is 0 Å². The normalized spacial score (nSPS) is 15.9. The Hall–Kier alpha value is -2.74. The average Bonchev–Trinajstić information content (AvgIpc) is 2.61. The molecule has 0 fully saturated rings. The van der Waals surface area contributed by atoms with Gasteiger partial charge in [0, 0.05) is 23.5 Å². The molecule has 0 aromatic heterocycles. The Morgan fingerprint density at radius 2 is 1.61 bits per heavy atom. The molecular weight excluding hydrogens is 280 g/mol. The second-order valence-corrected chi connectivity index (χ2v) is 5.96. The van der Waals surface area contributed by atoms with E-state index in [4.69, 9.17) is 5.73 Å². The minimum atomic E-state index is 0.228. The van der Waals surface area contributed by atoms with E-state index in [1.807, 2.05) is 6.07 Å². The van der Waals surface area contributed by atoms with Gasteiger partial charge < -0.3 is 10.6 Å². The third-order valence-electron chi connectivity index (χ3n) is 4.64. The predicted octanol–water partition coefficient (Wildman–Crippen LogP) is 4.87. The van der Waals surface area contributed by atoms with E-state index in [2.05, 4.69) is 78.6 Å². The lowest BCUT2D eigenvalue weighted by atomic mass is 9.85. The van der Waals surface area contributed by atoms with Gasteiger partial charge in [0.2, 0.25) is 0 Å². The number of fused-ring (bicyclic) bond motifs is 3. The fourth-order valence-corrected chi connectivity index (χ4v) is 3.65. The van der Waals surface area contributed by atoms with Gasteiger partial charge in [-0.1, -0.05) is 60.7 Å². The molecule has 1 aliphatic rings. The first kappa shape index (κ1) is 13.9. The van der Waals surface area contributed by atoms with Gasteiger partial charge in [-0.15, -0.1) is 0 Å². The summed E-state index contributed by atoms with van der Waals surface area (Å²) in [5.41, 5.74) is 13.4. The van der Waals surface area contributed by atoms with Crippen molar-refractivity contribution in [2.24, 2.45) is 0 Å². The summed E-state index contributed by atoms with van der Waals surface area (Å²) in [4.78, 5) is 2.45. The van der Waals surface area contributed by atoms with E-state index >= 15 is 0 Å². The van der Waals surface area contributed by atoms with Crippen LogP contribution in [0.2, 0.25) is 0 Å². The van der Waals surface area contributed by atoms with Gasteiger partial charge in [-0.05, 0) is 35.7 Å². The second-order valence-electron chi connectivity index (χ2n) is 5.96. The van der Waals surface area contributed by atoms with Crippen molar-refractivity contribution in [2.45, 2.75) is 13.0 Å². The first-order chi connectivity index (χ1) is 11.3. The van der Waals surface area contributed by atoms with Crippen LogP contribution in [0.3, 0.4) is 0 Å². The Kier molecular flexibility index (Phi) is 3.30. The van der Waals surface area contributed by atoms with Crippen LogP contribution in [0.1, 0.15) is 24.1 Å². The predicted molar refractivity (Wildman–Crippen MR) is 97.6 cm³/mol. The second kappa shape index (κ2) is 5.47. The minimum Gasteiger partial charge on any atom is -0.399 e. The lowest BCUT2D eigenvalue weighted by Gasteiger charge is -2.40. The fraction of sp³-hybridized carbons (Fsp3) is 0.143. The van der Waals surface area contributed by atoms with Gasteiger partial charge in [0.1, 0.15) is 0 Å². The topological polar surface area (TPSA) is 29.3 Å². The van der Waals surface area contributed by atoms with Gasteiger partial charge in [0.15, 0.2) is 0 Å². The summed E-state index contributed by atoms with van der Waals surface area (Å²) in [5.74, 6) is 0. The first-order valence-electron chi connectivity index (χ1n) is 8.10. The van der Waals surface area contributed by atoms with E-state index in [-0.39, 0.29) is 6.04 Å². The molecule has 1 atom stereocenters. The Morgan fingerprint density at radius 3 is 2.39 bits per heavy atom. The molecule has 3 aromatic rings. The summed E-state index contributed by atoms with van der Waals surface area (Å²) in [6.45, 7) is 3.14. The molecule has 0 saturated heterocycles. The highest BCUT2D eigenvalue weighted by molar-refractivity contribution is 5.87. The maximum absolute atomic E-state index is 6.08. The molecule has 1 heterocycles. The number of hydrogen-bond donors (Lipinski definition) is 1. The van der Waals surface area contributed by atoms with Crippen LogP contribution in [0.25, 0.3) is 11.1 Å². The van der Waals surface area contributed by atoms with Crippen molar-refractivity contribution in [3.8, 4) is 11.1 Å². The lowest BCUT2D eigenvalue weighted by molar-refractivity contribution is 0.719. The number of nitrogen functional groups attached to an aromatic ring is 1. The molecular formula is C21H20N2. The number of rotatable bonds is 2. The highest BCUT2D eigenvalue weighted by Crippen LogP contribution is 2.47. The summed E-state index contributed by atoms with van der Waals surface area (Å²) in [5, 5.41) is 0. The summed E-state index contributed by atoms with van der Waals surface area (Å²) >= 11 is 0. The van der Waals surface area contributed by atoms with Crippen molar-refractivity contribution in [3.63, 3.8) is 0 Å². The third-order valence-corrected chi connectivity index (χ3v) is 4.64. The largest absolute Gasteiger partial charge is 0.399 e. The molecule has 0 amide bonds. The Labute approximate surface area is 137 Å². The van der Waals surface area contributed by atoms with Crippen molar-refractivity contribution in [1.82, 2.24) is 0 Å². The van der Waals surface area contributed by atoms with Crippen LogP contribution in [-0.4, -0.2) is 6.54 Å². The molecule has 114 valence electrons. The van der Waals surface area contributed by atoms with Crippen LogP contribution in [-0.2, 0) is 0 Å². The van der Waals surface area contributed by atoms with Crippen molar-refractivity contribution >= 4 is 11.4 Å². The summed E-state index contributed by atoms with van der Waals surface area (Å²) < 4.78 is 0. The van der Waals surface area contributed by atoms with Gasteiger partial charge in [-0.25, -0.2) is 0 Å². The van der Waals surface area contributed by atoms with Crippen LogP contribution < -0.4 is 10.6 Å². The SMILES string of the molecule is CCN1c2cc(N)ccc2-c2ccccc2C1c1ccccc1. The minimum absolute atomic E-state index is 0.228. The number of anilines is 2. The van der Waals surface area contributed by atoms with Crippen molar-refractivity contribution in [3.05, 3.63) is 83.9 Å². The zero-order valence-corrected chi connectivity index (χ0v) is 13.2. The number of benzene rings is 3. The summed E-state index contributed by atoms with van der Waals surface area (Å²) in [6.07, 6.45) is 0. The van der Waals surface area contributed by atoms with Crippen molar-refractivity contribution in [2.75, 3.05) is 17.2 Å². The molecule has 2 heteroatoms. The maximum Gasteiger partial charge on any atom is 0.0802 e. The molecule has 23 heavy (non-hydrogen) atoms. The van der Waals surface area contributed by atoms with E-state index in [0.29, 0.717) is 0 Å². The molecule has 3 aromatic carbocycles. The number of nitrogens with two attached hydrogens (primary N) is 1. The summed E-state index contributed by atoms with van der Waals surface area (Å²) in [6, 6.07) is 25.9. The standard InChI is InChI=1S/C21H20N2/c1-2-23-20-14-16(22)12-13-18(20)17-10-6-7-11-19(17)21(23)15-8-4-3-5-9-15/h3-14,21H,2,22H2,1H3. The monoisotopic (exact) mass is 300 g/mol. The molecule has 0 saturated carbocycles. The van der Waals surface area contributed by atoms with Crippen LogP contribution in [0.15, 0.2) is 72.8 Å². The van der Waals surface area contributed by atoms with Crippen LogP contribution >= 0.6 is 0 Å². The van der Waals surface area contributed by atoms with E-state index in [1.54, 1.807) is 0 Å². The van der Waals surface area contributed by atoms with Gasteiger partial charge >= 0.3 is 0 Å². The van der Waals surface area contributed by atoms with E-state index in [1.165, 1.54) is 27.9 Å². The smallest absolute Gasteiger partial charge is 0.0802 e. The van der Waals surface area contributed by atoms with Gasteiger partial charge in [-0.3, -0.25) is 0 Å². The molecule has 4 rings (SSSR count). The van der Waals surface area contributed by atoms with Crippen molar-refractivity contribution in [1.29, 1.82) is 0 Å². The van der Waals surface area contributed by atoms with Gasteiger partial charge in [0.25, 0.3) is 0 Å². The van der Waals surface area contributed by atoms with Gasteiger partial charge in [-0.2, -0.15) is 0 Å². The third kappa shape index (κ3) is 2.18. The van der Waals surface area contributed by atoms with Crippen LogP contribution in [0.4, 0.5) is 11.4 Å². The molecule has 2 N–H and O–H groups in total. The molecule has 2 nitrogen and oxygen atoms in total. The molecule has 1 unspecified atom stereocenters. The van der Waals surface area contributed by atoms with E-state index < -0.39 is 0 Å². The molecule has 1 aliphatic heterocycles. The molecule has 0 aliphatic carbocycles. The van der Waals surface area contributed by atoms with Crippen molar-refractivity contribution < 1.29 is 0 Å². The molecule has 0 bridgehead atoms. The lowest BCUT2D eigenvalue weighted by Crippen LogP contribution is -2.32. The Bertz CT molecular complexity index is 839. The quantitative estimate of drug-likeness (QED) is 0.684. The first-order valence-corrected chi connectivity index (χ1v) is 8.10. The number of nitrogens with zero attached hydrogens (tertiary/aromatic N) is 1. The highest BCUT2D eigenvalue weighted by Gasteiger charge is 2.30. The average molecular weight is 300 g/mol. The Morgan fingerprint density at radius 1 is 0.870 bits per heavy atom. The summed E-state index contributed by atoms with van der Waals surface area (Å²) in [7, 11) is 0. The van der Waals surface area contributed by atoms with Crippen LogP contribution in [0, 0.1) is 0 Å². The Balaban J connectivity index is 2.00.